The highest BCUT2D eigenvalue weighted by Gasteiger charge is 2.10. The van der Waals surface area contributed by atoms with E-state index in [1.807, 2.05) is 0 Å². The normalized spacial score (nSPS) is 10.6. The number of carbonyl (C=O) groups excluding carboxylic acids is 2. The lowest BCUT2D eigenvalue weighted by Gasteiger charge is -2.07. The molecule has 3 rings (SSSR count). The van der Waals surface area contributed by atoms with E-state index in [0.717, 1.165) is 12.8 Å². The standard InChI is InChI=1S/C20H22N4O4/c1-2-5-17-23-19(28-24-17)8-3-7-18(25)21-14-9-11-15(12-10-14)22-20(26)16-6-4-13-27-16/h4,6,9-13H,2-3,5,7-8H2,1H3,(H,21,25)(H,22,26). The fourth-order valence-corrected chi connectivity index (χ4v) is 2.58. The molecule has 8 heteroatoms. The molecular formula is C20H22N4O4. The molecule has 2 amide bonds. The molecule has 2 aromatic heterocycles. The van der Waals surface area contributed by atoms with Crippen molar-refractivity contribution in [2.75, 3.05) is 10.6 Å². The van der Waals surface area contributed by atoms with E-state index in [9.17, 15) is 9.59 Å². The van der Waals surface area contributed by atoms with Crippen molar-refractivity contribution in [2.45, 2.75) is 39.0 Å². The molecule has 0 radical (unpaired) electrons. The number of rotatable bonds is 9. The lowest BCUT2D eigenvalue weighted by atomic mass is 10.2. The van der Waals surface area contributed by atoms with Crippen LogP contribution in [0.2, 0.25) is 0 Å². The summed E-state index contributed by atoms with van der Waals surface area (Å²) in [5, 5.41) is 9.44. The first-order valence-corrected chi connectivity index (χ1v) is 9.20. The van der Waals surface area contributed by atoms with E-state index < -0.39 is 0 Å². The number of nitrogens with one attached hydrogen (secondary N) is 2. The highest BCUT2D eigenvalue weighted by molar-refractivity contribution is 6.02. The van der Waals surface area contributed by atoms with Crippen LogP contribution in [-0.2, 0) is 17.6 Å². The molecule has 0 atom stereocenters. The van der Waals surface area contributed by atoms with Gasteiger partial charge < -0.3 is 19.6 Å². The summed E-state index contributed by atoms with van der Waals surface area (Å²) in [6.07, 6.45) is 4.74. The van der Waals surface area contributed by atoms with E-state index in [1.54, 1.807) is 36.4 Å². The monoisotopic (exact) mass is 382 g/mol. The van der Waals surface area contributed by atoms with Gasteiger partial charge in [-0.05, 0) is 49.2 Å². The van der Waals surface area contributed by atoms with Gasteiger partial charge in [0.2, 0.25) is 11.8 Å². The van der Waals surface area contributed by atoms with Crippen molar-refractivity contribution >= 4 is 23.2 Å². The Kier molecular flexibility index (Phi) is 6.56. The first-order chi connectivity index (χ1) is 13.6. The van der Waals surface area contributed by atoms with Gasteiger partial charge in [-0.1, -0.05) is 12.1 Å². The largest absolute Gasteiger partial charge is 0.459 e. The van der Waals surface area contributed by atoms with Gasteiger partial charge in [0.05, 0.1) is 6.26 Å². The average molecular weight is 382 g/mol. The Balaban J connectivity index is 1.41. The number of benzene rings is 1. The summed E-state index contributed by atoms with van der Waals surface area (Å²) in [4.78, 5) is 28.3. The predicted octanol–water partition coefficient (Wildman–Crippen LogP) is 3.83. The topological polar surface area (TPSA) is 110 Å². The second-order valence-corrected chi connectivity index (χ2v) is 6.26. The van der Waals surface area contributed by atoms with Crippen LogP contribution in [0.5, 0.6) is 0 Å². The molecule has 0 saturated carbocycles. The van der Waals surface area contributed by atoms with Gasteiger partial charge in [-0.15, -0.1) is 0 Å². The van der Waals surface area contributed by atoms with Crippen molar-refractivity contribution in [1.29, 1.82) is 0 Å². The summed E-state index contributed by atoms with van der Waals surface area (Å²) in [7, 11) is 0. The maximum atomic E-state index is 12.1. The zero-order valence-electron chi connectivity index (χ0n) is 15.6. The van der Waals surface area contributed by atoms with E-state index in [-0.39, 0.29) is 17.6 Å². The molecule has 0 unspecified atom stereocenters. The van der Waals surface area contributed by atoms with Gasteiger partial charge >= 0.3 is 0 Å². The van der Waals surface area contributed by atoms with Crippen molar-refractivity contribution in [3.8, 4) is 0 Å². The quantitative estimate of drug-likeness (QED) is 0.582. The maximum Gasteiger partial charge on any atom is 0.291 e. The Morgan fingerprint density at radius 2 is 1.79 bits per heavy atom. The van der Waals surface area contributed by atoms with Gasteiger partial charge in [-0.25, -0.2) is 0 Å². The molecule has 0 fully saturated rings. The van der Waals surface area contributed by atoms with Gasteiger partial charge in [-0.3, -0.25) is 9.59 Å². The third kappa shape index (κ3) is 5.54. The summed E-state index contributed by atoms with van der Waals surface area (Å²) in [5.74, 6) is 1.08. The van der Waals surface area contributed by atoms with Crippen molar-refractivity contribution < 1.29 is 18.5 Å². The first kappa shape index (κ1) is 19.3. The Morgan fingerprint density at radius 3 is 2.46 bits per heavy atom. The number of hydrogen-bond donors (Lipinski definition) is 2. The molecular weight excluding hydrogens is 360 g/mol. The van der Waals surface area contributed by atoms with Crippen molar-refractivity contribution in [1.82, 2.24) is 10.1 Å². The minimum absolute atomic E-state index is 0.0966. The smallest absolute Gasteiger partial charge is 0.291 e. The van der Waals surface area contributed by atoms with E-state index >= 15 is 0 Å². The number of aromatic nitrogens is 2. The van der Waals surface area contributed by atoms with Gasteiger partial charge in [0.25, 0.3) is 5.91 Å². The van der Waals surface area contributed by atoms with Crippen LogP contribution in [0.25, 0.3) is 0 Å². The summed E-state index contributed by atoms with van der Waals surface area (Å²) < 4.78 is 10.2. The number of anilines is 2. The molecule has 0 aliphatic rings. The molecule has 2 N–H and O–H groups in total. The minimum atomic E-state index is -0.329. The van der Waals surface area contributed by atoms with Crippen molar-refractivity contribution in [3.05, 3.63) is 60.1 Å². The second-order valence-electron chi connectivity index (χ2n) is 6.26. The van der Waals surface area contributed by atoms with E-state index in [0.29, 0.717) is 42.4 Å². The fraction of sp³-hybridized carbons (Fsp3) is 0.300. The van der Waals surface area contributed by atoms with E-state index in [2.05, 4.69) is 27.7 Å². The Labute approximate surface area is 162 Å². The number of amides is 2. The van der Waals surface area contributed by atoms with Crippen LogP contribution in [0.3, 0.4) is 0 Å². The molecule has 0 aliphatic carbocycles. The van der Waals surface area contributed by atoms with Crippen LogP contribution in [0.1, 0.15) is 48.5 Å². The van der Waals surface area contributed by atoms with Gasteiger partial charge in [0.1, 0.15) is 0 Å². The number of furan rings is 1. The van der Waals surface area contributed by atoms with Gasteiger partial charge in [-0.2, -0.15) is 4.98 Å². The molecule has 8 nitrogen and oxygen atoms in total. The molecule has 1 aromatic carbocycles. The molecule has 0 bridgehead atoms. The lowest BCUT2D eigenvalue weighted by Crippen LogP contribution is -2.12. The van der Waals surface area contributed by atoms with Gasteiger partial charge in [0, 0.05) is 30.6 Å². The number of carbonyl (C=O) groups is 2. The van der Waals surface area contributed by atoms with E-state index in [4.69, 9.17) is 8.94 Å². The third-order valence-corrected chi connectivity index (χ3v) is 3.95. The molecule has 2 heterocycles. The summed E-state index contributed by atoms with van der Waals surface area (Å²) in [6.45, 7) is 2.06. The van der Waals surface area contributed by atoms with E-state index in [1.165, 1.54) is 6.26 Å². The van der Waals surface area contributed by atoms with Crippen LogP contribution in [0.4, 0.5) is 11.4 Å². The van der Waals surface area contributed by atoms with Crippen LogP contribution < -0.4 is 10.6 Å². The zero-order valence-corrected chi connectivity index (χ0v) is 15.6. The molecule has 3 aromatic rings. The number of hydrogen-bond acceptors (Lipinski definition) is 6. The first-order valence-electron chi connectivity index (χ1n) is 9.20. The van der Waals surface area contributed by atoms with Crippen LogP contribution in [0, 0.1) is 0 Å². The lowest BCUT2D eigenvalue weighted by molar-refractivity contribution is -0.116. The number of aryl methyl sites for hydroxylation is 2. The SMILES string of the molecule is CCCc1noc(CCCC(=O)Nc2ccc(NC(=O)c3ccco3)cc2)n1. The molecule has 0 aliphatic heterocycles. The zero-order chi connectivity index (χ0) is 19.8. The Morgan fingerprint density at radius 1 is 1.04 bits per heavy atom. The van der Waals surface area contributed by atoms with Crippen LogP contribution in [0.15, 0.2) is 51.6 Å². The number of nitrogens with zero attached hydrogens (tertiary/aromatic N) is 2. The van der Waals surface area contributed by atoms with Gasteiger partial charge in [0.15, 0.2) is 11.6 Å². The average Bonchev–Trinajstić information content (AvgIpc) is 3.36. The Hall–Kier alpha value is -3.42. The highest BCUT2D eigenvalue weighted by atomic mass is 16.5. The van der Waals surface area contributed by atoms with Crippen LogP contribution >= 0.6 is 0 Å². The minimum Gasteiger partial charge on any atom is -0.459 e. The van der Waals surface area contributed by atoms with Crippen LogP contribution in [-0.4, -0.2) is 22.0 Å². The Bertz CT molecular complexity index is 901. The third-order valence-electron chi connectivity index (χ3n) is 3.95. The summed E-state index contributed by atoms with van der Waals surface area (Å²) >= 11 is 0. The fourth-order valence-electron chi connectivity index (χ4n) is 2.58. The second kappa shape index (κ2) is 9.50. The molecule has 0 saturated heterocycles. The van der Waals surface area contributed by atoms with Crippen molar-refractivity contribution in [3.63, 3.8) is 0 Å². The predicted molar refractivity (Wildman–Crippen MR) is 103 cm³/mol. The molecule has 28 heavy (non-hydrogen) atoms. The summed E-state index contributed by atoms with van der Waals surface area (Å²) in [5.41, 5.74) is 1.27. The maximum absolute atomic E-state index is 12.1. The molecule has 146 valence electrons. The highest BCUT2D eigenvalue weighted by Crippen LogP contribution is 2.15. The van der Waals surface area contributed by atoms with Crippen molar-refractivity contribution in [2.24, 2.45) is 0 Å². The summed E-state index contributed by atoms with van der Waals surface area (Å²) in [6, 6.07) is 10.1. The molecule has 0 spiro atoms.